The Morgan fingerprint density at radius 1 is 1.36 bits per heavy atom. The fourth-order valence-electron chi connectivity index (χ4n) is 1.22. The molecular formula is C10H8N2OS. The first-order valence-corrected chi connectivity index (χ1v) is 4.89. The number of rotatable bonds is 1. The van der Waals surface area contributed by atoms with Crippen LogP contribution in [0.5, 0.6) is 0 Å². The number of thioether (sulfide) groups is 1. The second kappa shape index (κ2) is 3.67. The number of hydrogen-bond acceptors (Lipinski definition) is 3. The summed E-state index contributed by atoms with van der Waals surface area (Å²) in [4.78, 5) is 15.6. The highest BCUT2D eigenvalue weighted by Gasteiger charge is 2.00. The van der Waals surface area contributed by atoms with Crippen LogP contribution < -0.4 is 5.73 Å². The molecule has 2 rings (SSSR count). The zero-order valence-electron chi connectivity index (χ0n) is 7.31. The van der Waals surface area contributed by atoms with Gasteiger partial charge in [0, 0.05) is 16.5 Å². The van der Waals surface area contributed by atoms with Crippen molar-refractivity contribution in [3.8, 4) is 0 Å². The second-order valence-electron chi connectivity index (χ2n) is 2.78. The normalized spacial score (nSPS) is 10.3. The van der Waals surface area contributed by atoms with E-state index in [2.05, 4.69) is 4.98 Å². The first kappa shape index (κ1) is 9.02. The summed E-state index contributed by atoms with van der Waals surface area (Å²) in [6, 6.07) is 9.64. The SMILES string of the molecule is NC(=O)Sc1cnc2ccccc2c1. The number of primary amides is 1. The molecular weight excluding hydrogens is 196 g/mol. The van der Waals surface area contributed by atoms with Crippen LogP contribution in [0, 0.1) is 0 Å². The molecule has 14 heavy (non-hydrogen) atoms. The molecule has 1 aromatic heterocycles. The summed E-state index contributed by atoms with van der Waals surface area (Å²) in [5.74, 6) is 0. The van der Waals surface area contributed by atoms with E-state index < -0.39 is 5.24 Å². The van der Waals surface area contributed by atoms with Gasteiger partial charge in [0.2, 0.25) is 0 Å². The lowest BCUT2D eigenvalue weighted by Crippen LogP contribution is -2.01. The molecule has 4 heteroatoms. The van der Waals surface area contributed by atoms with E-state index in [4.69, 9.17) is 5.73 Å². The molecule has 0 unspecified atom stereocenters. The van der Waals surface area contributed by atoms with Crippen LogP contribution in [0.3, 0.4) is 0 Å². The lowest BCUT2D eigenvalue weighted by atomic mass is 10.2. The molecule has 1 heterocycles. The van der Waals surface area contributed by atoms with Gasteiger partial charge in [-0.3, -0.25) is 9.78 Å². The minimum Gasteiger partial charge on any atom is -0.360 e. The molecule has 1 aromatic carbocycles. The van der Waals surface area contributed by atoms with Crippen LogP contribution in [0.1, 0.15) is 0 Å². The molecule has 0 saturated carbocycles. The van der Waals surface area contributed by atoms with Gasteiger partial charge >= 0.3 is 0 Å². The van der Waals surface area contributed by atoms with Gasteiger partial charge in [0.15, 0.2) is 0 Å². The third-order valence-corrected chi connectivity index (χ3v) is 2.44. The zero-order chi connectivity index (χ0) is 9.97. The fraction of sp³-hybridized carbons (Fsp3) is 0. The smallest absolute Gasteiger partial charge is 0.281 e. The van der Waals surface area contributed by atoms with Crippen LogP contribution in [0.2, 0.25) is 0 Å². The lowest BCUT2D eigenvalue weighted by Gasteiger charge is -1.99. The summed E-state index contributed by atoms with van der Waals surface area (Å²) in [6.07, 6.45) is 1.65. The average molecular weight is 204 g/mol. The molecule has 0 aliphatic carbocycles. The predicted octanol–water partition coefficient (Wildman–Crippen LogP) is 2.41. The topological polar surface area (TPSA) is 56.0 Å². The summed E-state index contributed by atoms with van der Waals surface area (Å²) < 4.78 is 0. The number of para-hydroxylation sites is 1. The number of fused-ring (bicyclic) bond motifs is 1. The highest BCUT2D eigenvalue weighted by atomic mass is 32.2. The first-order valence-electron chi connectivity index (χ1n) is 4.08. The van der Waals surface area contributed by atoms with Crippen molar-refractivity contribution in [3.63, 3.8) is 0 Å². The predicted molar refractivity (Wildman–Crippen MR) is 57.2 cm³/mol. The van der Waals surface area contributed by atoms with Gasteiger partial charge in [-0.1, -0.05) is 18.2 Å². The lowest BCUT2D eigenvalue weighted by molar-refractivity contribution is 0.267. The van der Waals surface area contributed by atoms with E-state index in [1.165, 1.54) is 0 Å². The molecule has 70 valence electrons. The van der Waals surface area contributed by atoms with Crippen LogP contribution in [0.25, 0.3) is 10.9 Å². The van der Waals surface area contributed by atoms with Gasteiger partial charge in [0.1, 0.15) is 0 Å². The van der Waals surface area contributed by atoms with Crippen molar-refractivity contribution in [2.75, 3.05) is 0 Å². The summed E-state index contributed by atoms with van der Waals surface area (Å²) in [7, 11) is 0. The number of aromatic nitrogens is 1. The van der Waals surface area contributed by atoms with Crippen LogP contribution >= 0.6 is 11.8 Å². The van der Waals surface area contributed by atoms with E-state index >= 15 is 0 Å². The number of pyridine rings is 1. The fourth-order valence-corrected chi connectivity index (χ4v) is 1.75. The standard InChI is InChI=1S/C10H8N2OS/c11-10(13)14-8-5-7-3-1-2-4-9(7)12-6-8/h1-6H,(H2,11,13). The number of benzene rings is 1. The van der Waals surface area contributed by atoms with Gasteiger partial charge in [-0.05, 0) is 23.9 Å². The second-order valence-corrected chi connectivity index (χ2v) is 3.86. The number of hydrogen-bond donors (Lipinski definition) is 1. The average Bonchev–Trinajstić information content (AvgIpc) is 2.17. The maximum atomic E-state index is 10.7. The molecule has 0 aliphatic heterocycles. The quantitative estimate of drug-likeness (QED) is 0.726. The third kappa shape index (κ3) is 1.85. The van der Waals surface area contributed by atoms with Gasteiger partial charge in [0.25, 0.3) is 5.24 Å². The van der Waals surface area contributed by atoms with Crippen LogP contribution in [-0.4, -0.2) is 10.2 Å². The van der Waals surface area contributed by atoms with E-state index in [9.17, 15) is 4.79 Å². The summed E-state index contributed by atoms with van der Waals surface area (Å²) in [5, 5.41) is 0.598. The monoisotopic (exact) mass is 204 g/mol. The summed E-state index contributed by atoms with van der Waals surface area (Å²) in [5.41, 5.74) is 5.98. The minimum atomic E-state index is -0.415. The maximum absolute atomic E-state index is 10.7. The highest BCUT2D eigenvalue weighted by molar-refractivity contribution is 8.13. The van der Waals surface area contributed by atoms with Gasteiger partial charge in [-0.15, -0.1) is 0 Å². The van der Waals surface area contributed by atoms with Crippen molar-refractivity contribution in [1.82, 2.24) is 4.98 Å². The Hall–Kier alpha value is -1.55. The minimum absolute atomic E-state index is 0.415. The van der Waals surface area contributed by atoms with Crippen molar-refractivity contribution in [1.29, 1.82) is 0 Å². The van der Waals surface area contributed by atoms with Crippen molar-refractivity contribution < 1.29 is 4.79 Å². The Balaban J connectivity index is 2.46. The van der Waals surface area contributed by atoms with E-state index in [-0.39, 0.29) is 0 Å². The van der Waals surface area contributed by atoms with Crippen molar-refractivity contribution >= 4 is 27.9 Å². The van der Waals surface area contributed by atoms with Crippen molar-refractivity contribution in [2.45, 2.75) is 4.90 Å². The molecule has 2 N–H and O–H groups in total. The Morgan fingerprint density at radius 2 is 2.14 bits per heavy atom. The summed E-state index contributed by atoms with van der Waals surface area (Å²) >= 11 is 0.990. The Kier molecular flexibility index (Phi) is 2.37. The van der Waals surface area contributed by atoms with E-state index in [1.54, 1.807) is 6.20 Å². The molecule has 1 amide bonds. The maximum Gasteiger partial charge on any atom is 0.281 e. The van der Waals surface area contributed by atoms with Crippen LogP contribution in [-0.2, 0) is 0 Å². The Bertz CT molecular complexity index is 484. The number of carbonyl (C=O) groups is 1. The van der Waals surface area contributed by atoms with E-state index in [1.807, 2.05) is 30.3 Å². The molecule has 2 aromatic rings. The first-order chi connectivity index (χ1) is 6.75. The molecule has 0 saturated heterocycles. The third-order valence-electron chi connectivity index (χ3n) is 1.78. The van der Waals surface area contributed by atoms with Crippen molar-refractivity contribution in [2.24, 2.45) is 5.73 Å². The molecule has 0 spiro atoms. The van der Waals surface area contributed by atoms with Gasteiger partial charge in [0.05, 0.1) is 5.52 Å². The van der Waals surface area contributed by atoms with Crippen LogP contribution in [0.15, 0.2) is 41.4 Å². The number of carbonyl (C=O) groups excluding carboxylic acids is 1. The van der Waals surface area contributed by atoms with Gasteiger partial charge in [-0.25, -0.2) is 0 Å². The van der Waals surface area contributed by atoms with E-state index in [0.29, 0.717) is 0 Å². The Morgan fingerprint density at radius 3 is 2.93 bits per heavy atom. The highest BCUT2D eigenvalue weighted by Crippen LogP contribution is 2.21. The molecule has 0 bridgehead atoms. The number of nitrogens with zero attached hydrogens (tertiary/aromatic N) is 1. The van der Waals surface area contributed by atoms with Crippen LogP contribution in [0.4, 0.5) is 4.79 Å². The molecule has 0 aliphatic rings. The van der Waals surface area contributed by atoms with Gasteiger partial charge in [-0.2, -0.15) is 0 Å². The summed E-state index contributed by atoms with van der Waals surface area (Å²) in [6.45, 7) is 0. The molecule has 0 fully saturated rings. The van der Waals surface area contributed by atoms with Crippen molar-refractivity contribution in [3.05, 3.63) is 36.5 Å². The van der Waals surface area contributed by atoms with Gasteiger partial charge < -0.3 is 5.73 Å². The number of nitrogens with two attached hydrogens (primary N) is 1. The van der Waals surface area contributed by atoms with E-state index in [0.717, 1.165) is 27.6 Å². The Labute approximate surface area is 85.3 Å². The molecule has 0 radical (unpaired) electrons. The molecule has 0 atom stereocenters. The molecule has 3 nitrogen and oxygen atoms in total. The number of amides is 1. The largest absolute Gasteiger partial charge is 0.360 e. The zero-order valence-corrected chi connectivity index (χ0v) is 8.12.